The van der Waals surface area contributed by atoms with Gasteiger partial charge in [0.25, 0.3) is 0 Å². The molecule has 0 unspecified atom stereocenters. The van der Waals surface area contributed by atoms with Gasteiger partial charge in [0.1, 0.15) is 0 Å². The van der Waals surface area contributed by atoms with Gasteiger partial charge in [0, 0.05) is 26.7 Å². The Balaban J connectivity index is 3.13. The summed E-state index contributed by atoms with van der Waals surface area (Å²) in [6.45, 7) is 0.679. The fourth-order valence-electron chi connectivity index (χ4n) is 1.49. The van der Waals surface area contributed by atoms with E-state index in [0.29, 0.717) is 0 Å². The third-order valence-electron chi connectivity index (χ3n) is 2.50. The maximum atomic E-state index is 12.7. The number of nitrogens with zero attached hydrogens (tertiary/aromatic N) is 2. The predicted molar refractivity (Wildman–Crippen MR) is 69.6 cm³/mol. The van der Waals surface area contributed by atoms with Crippen molar-refractivity contribution in [2.24, 2.45) is 0 Å². The minimum absolute atomic E-state index is 0.00947. The molecular formula is C13H15F3N2O3. The standard InChI is InChI=1S/C13H15F3N2O3/c1-9(19)21-8-18(12(20)17(2)3)11-6-4-5-10(7-11)13(14,15)16/h4-7H,8H2,1-3H3. The van der Waals surface area contributed by atoms with E-state index in [0.717, 1.165) is 24.0 Å². The second kappa shape index (κ2) is 6.47. The van der Waals surface area contributed by atoms with E-state index < -0.39 is 30.5 Å². The number of amides is 2. The van der Waals surface area contributed by atoms with E-state index in [2.05, 4.69) is 0 Å². The van der Waals surface area contributed by atoms with Gasteiger partial charge in [-0.15, -0.1) is 0 Å². The first-order valence-electron chi connectivity index (χ1n) is 5.92. The van der Waals surface area contributed by atoms with E-state index in [1.807, 2.05) is 0 Å². The minimum Gasteiger partial charge on any atom is -0.444 e. The van der Waals surface area contributed by atoms with Crippen LogP contribution in [0.25, 0.3) is 0 Å². The molecule has 2 amide bonds. The Morgan fingerprint density at radius 2 is 1.86 bits per heavy atom. The van der Waals surface area contributed by atoms with Crippen molar-refractivity contribution in [3.05, 3.63) is 29.8 Å². The highest BCUT2D eigenvalue weighted by Gasteiger charge is 2.31. The molecule has 0 atom stereocenters. The van der Waals surface area contributed by atoms with Crippen molar-refractivity contribution in [2.45, 2.75) is 13.1 Å². The van der Waals surface area contributed by atoms with E-state index in [-0.39, 0.29) is 5.69 Å². The van der Waals surface area contributed by atoms with E-state index in [4.69, 9.17) is 4.74 Å². The van der Waals surface area contributed by atoms with Crippen molar-refractivity contribution in [1.29, 1.82) is 0 Å². The second-order valence-electron chi connectivity index (χ2n) is 4.42. The number of anilines is 1. The number of hydrogen-bond donors (Lipinski definition) is 0. The van der Waals surface area contributed by atoms with Gasteiger partial charge in [-0.3, -0.25) is 9.69 Å². The number of benzene rings is 1. The van der Waals surface area contributed by atoms with Crippen LogP contribution in [0.4, 0.5) is 23.7 Å². The van der Waals surface area contributed by atoms with Gasteiger partial charge in [0.05, 0.1) is 5.56 Å². The molecule has 1 aromatic carbocycles. The quantitative estimate of drug-likeness (QED) is 0.637. The molecule has 5 nitrogen and oxygen atoms in total. The fourth-order valence-corrected chi connectivity index (χ4v) is 1.49. The second-order valence-corrected chi connectivity index (χ2v) is 4.42. The first-order valence-corrected chi connectivity index (χ1v) is 5.92. The highest BCUT2D eigenvalue weighted by Crippen LogP contribution is 2.31. The molecular weight excluding hydrogens is 289 g/mol. The number of rotatable bonds is 3. The summed E-state index contributed by atoms with van der Waals surface area (Å²) >= 11 is 0. The summed E-state index contributed by atoms with van der Waals surface area (Å²) in [4.78, 5) is 25.0. The summed E-state index contributed by atoms with van der Waals surface area (Å²) < 4.78 is 42.8. The maximum Gasteiger partial charge on any atom is 0.416 e. The topological polar surface area (TPSA) is 49.9 Å². The van der Waals surface area contributed by atoms with Crippen LogP contribution in [0.3, 0.4) is 0 Å². The van der Waals surface area contributed by atoms with Crippen LogP contribution in [-0.2, 0) is 15.7 Å². The van der Waals surface area contributed by atoms with Gasteiger partial charge in [-0.25, -0.2) is 4.79 Å². The molecule has 0 aliphatic heterocycles. The Labute approximate surface area is 119 Å². The average molecular weight is 304 g/mol. The van der Waals surface area contributed by atoms with Gasteiger partial charge in [0.15, 0.2) is 6.73 Å². The van der Waals surface area contributed by atoms with Gasteiger partial charge in [-0.2, -0.15) is 13.2 Å². The number of carbonyl (C=O) groups excluding carboxylic acids is 2. The molecule has 1 rings (SSSR count). The fraction of sp³-hybridized carbons (Fsp3) is 0.385. The normalized spacial score (nSPS) is 11.0. The lowest BCUT2D eigenvalue weighted by Crippen LogP contribution is -2.41. The zero-order valence-corrected chi connectivity index (χ0v) is 11.8. The largest absolute Gasteiger partial charge is 0.444 e. The Hall–Kier alpha value is -2.25. The monoisotopic (exact) mass is 304 g/mol. The molecule has 0 saturated carbocycles. The van der Waals surface area contributed by atoms with Crippen LogP contribution in [0.1, 0.15) is 12.5 Å². The van der Waals surface area contributed by atoms with E-state index in [1.54, 1.807) is 0 Å². The van der Waals surface area contributed by atoms with E-state index in [9.17, 15) is 22.8 Å². The van der Waals surface area contributed by atoms with Crippen LogP contribution in [-0.4, -0.2) is 37.7 Å². The van der Waals surface area contributed by atoms with Crippen LogP contribution in [0.2, 0.25) is 0 Å². The molecule has 0 aliphatic carbocycles. The Bertz CT molecular complexity index is 530. The van der Waals surface area contributed by atoms with Crippen LogP contribution < -0.4 is 4.90 Å². The summed E-state index contributed by atoms with van der Waals surface area (Å²) in [5.41, 5.74) is -0.899. The van der Waals surface area contributed by atoms with Gasteiger partial charge in [-0.05, 0) is 18.2 Å². The van der Waals surface area contributed by atoms with Crippen LogP contribution >= 0.6 is 0 Å². The first kappa shape index (κ1) is 16.8. The third kappa shape index (κ3) is 4.66. The Morgan fingerprint density at radius 1 is 1.24 bits per heavy atom. The molecule has 0 aromatic heterocycles. The number of esters is 1. The van der Waals surface area contributed by atoms with Crippen molar-refractivity contribution in [1.82, 2.24) is 4.90 Å². The smallest absolute Gasteiger partial charge is 0.416 e. The number of ether oxygens (including phenoxy) is 1. The molecule has 8 heteroatoms. The van der Waals surface area contributed by atoms with Crippen molar-refractivity contribution in [3.8, 4) is 0 Å². The molecule has 0 aliphatic rings. The third-order valence-corrected chi connectivity index (χ3v) is 2.50. The lowest BCUT2D eigenvalue weighted by Gasteiger charge is -2.26. The number of urea groups is 1. The average Bonchev–Trinajstić information content (AvgIpc) is 2.37. The number of alkyl halides is 3. The van der Waals surface area contributed by atoms with E-state index in [1.165, 1.54) is 31.1 Å². The summed E-state index contributed by atoms with van der Waals surface area (Å²) in [6, 6.07) is 3.64. The van der Waals surface area contributed by atoms with Gasteiger partial charge in [-0.1, -0.05) is 6.07 Å². The zero-order chi connectivity index (χ0) is 16.2. The molecule has 1 aromatic rings. The van der Waals surface area contributed by atoms with Crippen molar-refractivity contribution in [2.75, 3.05) is 25.7 Å². The highest BCUT2D eigenvalue weighted by atomic mass is 19.4. The first-order chi connectivity index (χ1) is 9.62. The molecule has 0 radical (unpaired) electrons. The summed E-state index contributed by atoms with van der Waals surface area (Å²) in [7, 11) is 2.88. The van der Waals surface area contributed by atoms with Crippen molar-refractivity contribution < 1.29 is 27.5 Å². The van der Waals surface area contributed by atoms with Crippen molar-refractivity contribution in [3.63, 3.8) is 0 Å². The highest BCUT2D eigenvalue weighted by molar-refractivity contribution is 5.91. The lowest BCUT2D eigenvalue weighted by molar-refractivity contribution is -0.141. The Morgan fingerprint density at radius 3 is 2.33 bits per heavy atom. The lowest BCUT2D eigenvalue weighted by atomic mass is 10.2. The van der Waals surface area contributed by atoms with Crippen molar-refractivity contribution >= 4 is 17.7 Å². The SMILES string of the molecule is CC(=O)OCN(C(=O)N(C)C)c1cccc(C(F)(F)F)c1. The predicted octanol–water partition coefficient (Wildman–Crippen LogP) is 2.71. The molecule has 0 fully saturated rings. The number of halogens is 3. The molecule has 0 spiro atoms. The minimum atomic E-state index is -4.52. The molecule has 0 N–H and O–H groups in total. The summed E-state index contributed by atoms with van der Waals surface area (Å²) in [5.74, 6) is -0.640. The maximum absolute atomic E-state index is 12.7. The molecule has 21 heavy (non-hydrogen) atoms. The number of hydrogen-bond acceptors (Lipinski definition) is 3. The van der Waals surface area contributed by atoms with Crippen LogP contribution in [0.15, 0.2) is 24.3 Å². The Kier molecular flexibility index (Phi) is 5.17. The molecule has 116 valence electrons. The molecule has 0 saturated heterocycles. The van der Waals surface area contributed by atoms with Gasteiger partial charge < -0.3 is 9.64 Å². The van der Waals surface area contributed by atoms with Crippen LogP contribution in [0, 0.1) is 0 Å². The van der Waals surface area contributed by atoms with E-state index >= 15 is 0 Å². The van der Waals surface area contributed by atoms with Gasteiger partial charge in [0.2, 0.25) is 0 Å². The number of carbonyl (C=O) groups is 2. The molecule has 0 bridgehead atoms. The summed E-state index contributed by atoms with van der Waals surface area (Å²) in [6.07, 6.45) is -4.52. The zero-order valence-electron chi connectivity index (χ0n) is 11.8. The van der Waals surface area contributed by atoms with Gasteiger partial charge >= 0.3 is 18.2 Å². The van der Waals surface area contributed by atoms with Crippen LogP contribution in [0.5, 0.6) is 0 Å². The summed E-state index contributed by atoms with van der Waals surface area (Å²) in [5, 5.41) is 0. The molecule has 0 heterocycles.